The van der Waals surface area contributed by atoms with Crippen LogP contribution < -0.4 is 0 Å². The second-order valence-corrected chi connectivity index (χ2v) is 8.16. The van der Waals surface area contributed by atoms with Crippen LogP contribution in [0, 0.1) is 0 Å². The number of carbonyl (C=O) groups is 2. The number of halogens is 1. The van der Waals surface area contributed by atoms with Crippen molar-refractivity contribution in [2.45, 2.75) is 44.4 Å². The second kappa shape index (κ2) is 7.52. The number of amides is 2. The van der Waals surface area contributed by atoms with Gasteiger partial charge in [-0.25, -0.2) is 9.69 Å². The van der Waals surface area contributed by atoms with Gasteiger partial charge in [0.2, 0.25) is 6.10 Å². The number of nitrogens with zero attached hydrogens (tertiary/aromatic N) is 2. The molecule has 0 N–H and O–H groups in total. The summed E-state index contributed by atoms with van der Waals surface area (Å²) in [5, 5.41) is 4.67. The van der Waals surface area contributed by atoms with Crippen LogP contribution in [0.3, 0.4) is 0 Å². The lowest BCUT2D eigenvalue weighted by molar-refractivity contribution is -0.140. The molecular formula is C22H21ClN2O4. The van der Waals surface area contributed by atoms with Crippen LogP contribution in [0.2, 0.25) is 5.02 Å². The van der Waals surface area contributed by atoms with E-state index in [1.54, 1.807) is 12.1 Å². The fourth-order valence-electron chi connectivity index (χ4n) is 3.68. The minimum Gasteiger partial charge on any atom is -0.441 e. The Morgan fingerprint density at radius 1 is 1.17 bits per heavy atom. The number of imide groups is 1. The molecule has 0 aromatic heterocycles. The molecule has 0 unspecified atom stereocenters. The molecule has 0 bridgehead atoms. The Labute approximate surface area is 174 Å². The standard InChI is InChI=1S/C22H21ClN2O4/c1-22(2)19(12-14-6-4-3-5-7-14)25(21(27)28-22)20(26)18-13-17(24-29-18)15-8-10-16(23)11-9-15/h3-11,18-19H,12-13H2,1-2H3/t18-,19+/m1/s1. The third kappa shape index (κ3) is 3.85. The Bertz CT molecular complexity index is 957. The molecule has 7 heteroatoms. The molecule has 2 aromatic rings. The van der Waals surface area contributed by atoms with Crippen molar-refractivity contribution in [3.63, 3.8) is 0 Å². The highest BCUT2D eigenvalue weighted by molar-refractivity contribution is 6.30. The SMILES string of the molecule is CC1(C)OC(=O)N(C(=O)[C@H]2CC(c3ccc(Cl)cc3)=NO2)[C@H]1Cc1ccccc1. The lowest BCUT2D eigenvalue weighted by Crippen LogP contribution is -2.49. The average Bonchev–Trinajstić information content (AvgIpc) is 3.26. The van der Waals surface area contributed by atoms with Gasteiger partial charge in [0.15, 0.2) is 0 Å². The maximum absolute atomic E-state index is 13.2. The first-order valence-corrected chi connectivity index (χ1v) is 9.81. The van der Waals surface area contributed by atoms with Gasteiger partial charge in [0, 0.05) is 11.4 Å². The number of rotatable bonds is 4. The molecule has 0 spiro atoms. The summed E-state index contributed by atoms with van der Waals surface area (Å²) in [7, 11) is 0. The predicted molar refractivity (Wildman–Crippen MR) is 109 cm³/mol. The quantitative estimate of drug-likeness (QED) is 0.754. The van der Waals surface area contributed by atoms with E-state index in [2.05, 4.69) is 5.16 Å². The second-order valence-electron chi connectivity index (χ2n) is 7.73. The number of hydrogen-bond acceptors (Lipinski definition) is 5. The van der Waals surface area contributed by atoms with Crippen molar-refractivity contribution in [3.05, 3.63) is 70.7 Å². The van der Waals surface area contributed by atoms with Gasteiger partial charge in [-0.05, 0) is 43.5 Å². The van der Waals surface area contributed by atoms with Gasteiger partial charge in [0.25, 0.3) is 5.91 Å². The minimum absolute atomic E-state index is 0.280. The summed E-state index contributed by atoms with van der Waals surface area (Å²) in [6.45, 7) is 3.63. The van der Waals surface area contributed by atoms with E-state index in [1.165, 1.54) is 4.90 Å². The first-order valence-electron chi connectivity index (χ1n) is 9.44. The van der Waals surface area contributed by atoms with Crippen molar-refractivity contribution >= 4 is 29.3 Å². The number of ether oxygens (including phenoxy) is 1. The Morgan fingerprint density at radius 2 is 1.86 bits per heavy atom. The molecule has 2 amide bonds. The molecule has 1 fully saturated rings. The van der Waals surface area contributed by atoms with E-state index in [0.717, 1.165) is 11.1 Å². The number of cyclic esters (lactones) is 1. The van der Waals surface area contributed by atoms with Crippen LogP contribution in [-0.2, 0) is 20.8 Å². The summed E-state index contributed by atoms with van der Waals surface area (Å²) in [6, 6.07) is 16.4. The molecule has 6 nitrogen and oxygen atoms in total. The summed E-state index contributed by atoms with van der Waals surface area (Å²) in [6.07, 6.45) is -0.726. The third-order valence-corrected chi connectivity index (χ3v) is 5.54. The molecule has 2 aliphatic heterocycles. The van der Waals surface area contributed by atoms with Crippen molar-refractivity contribution in [1.29, 1.82) is 0 Å². The molecule has 1 saturated heterocycles. The molecule has 29 heavy (non-hydrogen) atoms. The van der Waals surface area contributed by atoms with Gasteiger partial charge >= 0.3 is 6.09 Å². The molecule has 0 saturated carbocycles. The molecule has 2 aliphatic rings. The predicted octanol–water partition coefficient (Wildman–Crippen LogP) is 4.20. The van der Waals surface area contributed by atoms with Crippen molar-refractivity contribution in [2.75, 3.05) is 0 Å². The zero-order chi connectivity index (χ0) is 20.6. The molecule has 0 radical (unpaired) electrons. The maximum atomic E-state index is 13.2. The first-order chi connectivity index (χ1) is 13.8. The highest BCUT2D eigenvalue weighted by Gasteiger charge is 2.52. The Morgan fingerprint density at radius 3 is 2.55 bits per heavy atom. The van der Waals surface area contributed by atoms with E-state index in [0.29, 0.717) is 17.2 Å². The van der Waals surface area contributed by atoms with Gasteiger partial charge < -0.3 is 9.57 Å². The van der Waals surface area contributed by atoms with Gasteiger partial charge in [0.1, 0.15) is 5.60 Å². The van der Waals surface area contributed by atoms with Crippen molar-refractivity contribution in [3.8, 4) is 0 Å². The zero-order valence-corrected chi connectivity index (χ0v) is 16.9. The fraction of sp³-hybridized carbons (Fsp3) is 0.318. The number of benzene rings is 2. The van der Waals surface area contributed by atoms with Crippen LogP contribution in [0.1, 0.15) is 31.4 Å². The highest BCUT2D eigenvalue weighted by atomic mass is 35.5. The molecule has 4 rings (SSSR count). The monoisotopic (exact) mass is 412 g/mol. The molecule has 2 aromatic carbocycles. The maximum Gasteiger partial charge on any atom is 0.417 e. The van der Waals surface area contributed by atoms with Crippen molar-refractivity contribution in [2.24, 2.45) is 5.16 Å². The van der Waals surface area contributed by atoms with Gasteiger partial charge in [-0.2, -0.15) is 0 Å². The topological polar surface area (TPSA) is 68.2 Å². The summed E-state index contributed by atoms with van der Waals surface area (Å²) in [5.41, 5.74) is 1.69. The number of hydrogen-bond donors (Lipinski definition) is 0. The van der Waals surface area contributed by atoms with Gasteiger partial charge in [-0.15, -0.1) is 0 Å². The largest absolute Gasteiger partial charge is 0.441 e. The van der Waals surface area contributed by atoms with E-state index < -0.39 is 29.7 Å². The Kier molecular flexibility index (Phi) is 5.04. The van der Waals surface area contributed by atoms with E-state index in [1.807, 2.05) is 56.3 Å². The Hall–Kier alpha value is -2.86. The Balaban J connectivity index is 1.52. The van der Waals surface area contributed by atoms with E-state index in [-0.39, 0.29) is 6.42 Å². The first kappa shape index (κ1) is 19.5. The van der Waals surface area contributed by atoms with Crippen LogP contribution in [0.4, 0.5) is 4.79 Å². The van der Waals surface area contributed by atoms with Gasteiger partial charge in [0.05, 0.1) is 11.8 Å². The van der Waals surface area contributed by atoms with Crippen LogP contribution in [-0.4, -0.2) is 40.4 Å². The number of oxime groups is 1. The summed E-state index contributed by atoms with van der Waals surface area (Å²) in [4.78, 5) is 32.3. The van der Waals surface area contributed by atoms with Gasteiger partial charge in [-0.1, -0.05) is 59.2 Å². The molecule has 150 valence electrons. The normalized spacial score (nSPS) is 22.8. The summed E-state index contributed by atoms with van der Waals surface area (Å²) < 4.78 is 5.51. The molecule has 2 atom stereocenters. The van der Waals surface area contributed by atoms with Crippen LogP contribution in [0.15, 0.2) is 59.8 Å². The highest BCUT2D eigenvalue weighted by Crippen LogP contribution is 2.33. The lowest BCUT2D eigenvalue weighted by Gasteiger charge is -2.28. The van der Waals surface area contributed by atoms with Gasteiger partial charge in [-0.3, -0.25) is 4.79 Å². The van der Waals surface area contributed by atoms with Crippen LogP contribution in [0.25, 0.3) is 0 Å². The average molecular weight is 413 g/mol. The fourth-order valence-corrected chi connectivity index (χ4v) is 3.80. The smallest absolute Gasteiger partial charge is 0.417 e. The molecular weight excluding hydrogens is 392 g/mol. The van der Waals surface area contributed by atoms with E-state index in [9.17, 15) is 9.59 Å². The third-order valence-electron chi connectivity index (χ3n) is 5.29. The van der Waals surface area contributed by atoms with Crippen LogP contribution >= 0.6 is 11.6 Å². The van der Waals surface area contributed by atoms with E-state index >= 15 is 0 Å². The lowest BCUT2D eigenvalue weighted by atomic mass is 9.91. The minimum atomic E-state index is -0.861. The van der Waals surface area contributed by atoms with Crippen LogP contribution in [0.5, 0.6) is 0 Å². The van der Waals surface area contributed by atoms with Crippen molar-refractivity contribution in [1.82, 2.24) is 4.90 Å². The van der Waals surface area contributed by atoms with E-state index in [4.69, 9.17) is 21.2 Å². The summed E-state index contributed by atoms with van der Waals surface area (Å²) in [5.74, 6) is -0.436. The van der Waals surface area contributed by atoms with Crippen molar-refractivity contribution < 1.29 is 19.2 Å². The number of carbonyl (C=O) groups excluding carboxylic acids is 2. The molecule has 2 heterocycles. The molecule has 0 aliphatic carbocycles. The summed E-state index contributed by atoms with van der Waals surface area (Å²) >= 11 is 5.93. The zero-order valence-electron chi connectivity index (χ0n) is 16.2.